The molecule has 1 aliphatic rings. The van der Waals surface area contributed by atoms with Crippen LogP contribution < -0.4 is 9.47 Å². The Bertz CT molecular complexity index is 1130. The molecule has 4 rings (SSSR count). The van der Waals surface area contributed by atoms with E-state index in [4.69, 9.17) is 9.47 Å². The molecule has 0 amide bonds. The molecule has 0 aromatic heterocycles. The normalized spacial score (nSPS) is 17.9. The highest BCUT2D eigenvalue weighted by Gasteiger charge is 2.34. The van der Waals surface area contributed by atoms with E-state index >= 15 is 0 Å². The molecule has 0 N–H and O–H groups in total. The van der Waals surface area contributed by atoms with Crippen molar-refractivity contribution in [3.63, 3.8) is 0 Å². The van der Waals surface area contributed by atoms with Crippen molar-refractivity contribution >= 4 is 0 Å². The summed E-state index contributed by atoms with van der Waals surface area (Å²) in [6, 6.07) is 18.9. The van der Waals surface area contributed by atoms with E-state index in [1.807, 2.05) is 24.3 Å². The lowest BCUT2D eigenvalue weighted by Crippen LogP contribution is -2.21. The van der Waals surface area contributed by atoms with Crippen molar-refractivity contribution in [2.75, 3.05) is 6.61 Å². The van der Waals surface area contributed by atoms with Gasteiger partial charge in [-0.15, -0.1) is 0 Å². The largest absolute Gasteiger partial charge is 0.459 e. The predicted molar refractivity (Wildman–Crippen MR) is 130 cm³/mol. The molecule has 1 saturated heterocycles. The smallest absolute Gasteiger partial charge is 0.426 e. The summed E-state index contributed by atoms with van der Waals surface area (Å²) in [5.41, 5.74) is 2.56. The Hall–Kier alpha value is -3.32. The monoisotopic (exact) mass is 500 g/mol. The Labute approximate surface area is 208 Å². The Morgan fingerprint density at radius 2 is 1.50 bits per heavy atom. The fraction of sp³-hybridized carbons (Fsp3) is 0.310. The van der Waals surface area contributed by atoms with Gasteiger partial charge in [-0.3, -0.25) is 0 Å². The standard InChI is InChI=1S/C29H28F4O3/c1-2-3-20-4-17-27(35-18-20)23-7-5-21(6-8-23)22-9-11-24(12-10-22)29(32,33)36-26-15-13-25(14-16-26)34-19-28(30)31/h5-16,19-20,27H,2-4,17-18H2,1H3. The second-order valence-corrected chi connectivity index (χ2v) is 8.87. The second kappa shape index (κ2) is 11.6. The summed E-state index contributed by atoms with van der Waals surface area (Å²) in [5, 5.41) is 0. The van der Waals surface area contributed by atoms with Crippen molar-refractivity contribution in [2.24, 2.45) is 5.92 Å². The van der Waals surface area contributed by atoms with Crippen LogP contribution in [0.5, 0.6) is 11.5 Å². The third kappa shape index (κ3) is 6.66. The van der Waals surface area contributed by atoms with E-state index in [1.165, 1.54) is 55.7 Å². The van der Waals surface area contributed by atoms with Crippen molar-refractivity contribution < 1.29 is 31.8 Å². The first-order valence-electron chi connectivity index (χ1n) is 12.0. The Morgan fingerprint density at radius 1 is 0.889 bits per heavy atom. The Morgan fingerprint density at radius 3 is 2.06 bits per heavy atom. The van der Waals surface area contributed by atoms with E-state index in [9.17, 15) is 17.6 Å². The zero-order chi connectivity index (χ0) is 25.5. The van der Waals surface area contributed by atoms with Gasteiger partial charge in [-0.05, 0) is 78.3 Å². The van der Waals surface area contributed by atoms with Crippen LogP contribution in [0, 0.1) is 5.92 Å². The summed E-state index contributed by atoms with van der Waals surface area (Å²) < 4.78 is 69.1. The number of benzene rings is 3. The molecule has 3 aromatic rings. The van der Waals surface area contributed by atoms with Gasteiger partial charge in [0, 0.05) is 0 Å². The van der Waals surface area contributed by atoms with Gasteiger partial charge in [-0.2, -0.15) is 17.6 Å². The maximum absolute atomic E-state index is 14.7. The molecule has 1 fully saturated rings. The summed E-state index contributed by atoms with van der Waals surface area (Å²) >= 11 is 0. The van der Waals surface area contributed by atoms with Crippen molar-refractivity contribution in [3.05, 3.63) is 96.3 Å². The number of hydrogen-bond acceptors (Lipinski definition) is 3. The molecule has 3 nitrogen and oxygen atoms in total. The zero-order valence-electron chi connectivity index (χ0n) is 19.9. The molecular weight excluding hydrogens is 472 g/mol. The molecule has 2 unspecified atom stereocenters. The van der Waals surface area contributed by atoms with Crippen LogP contribution in [0.3, 0.4) is 0 Å². The zero-order valence-corrected chi connectivity index (χ0v) is 19.9. The van der Waals surface area contributed by atoms with Crippen LogP contribution in [0.4, 0.5) is 17.6 Å². The molecule has 3 aromatic carbocycles. The number of ether oxygens (including phenoxy) is 3. The van der Waals surface area contributed by atoms with E-state index in [-0.39, 0.29) is 29.4 Å². The summed E-state index contributed by atoms with van der Waals surface area (Å²) in [6.07, 6.45) is -0.642. The van der Waals surface area contributed by atoms with Gasteiger partial charge < -0.3 is 14.2 Å². The highest BCUT2D eigenvalue weighted by atomic mass is 19.3. The van der Waals surface area contributed by atoms with Crippen LogP contribution in [0.15, 0.2) is 85.1 Å². The molecule has 0 radical (unpaired) electrons. The van der Waals surface area contributed by atoms with E-state index in [0.29, 0.717) is 5.92 Å². The van der Waals surface area contributed by atoms with Gasteiger partial charge in [0.15, 0.2) is 6.26 Å². The third-order valence-electron chi connectivity index (χ3n) is 6.26. The molecule has 190 valence electrons. The quantitative estimate of drug-likeness (QED) is 0.217. The van der Waals surface area contributed by atoms with Crippen LogP contribution in [0.1, 0.15) is 49.8 Å². The minimum absolute atomic E-state index is 0.0737. The van der Waals surface area contributed by atoms with Crippen LogP contribution in [-0.4, -0.2) is 6.61 Å². The average Bonchev–Trinajstić information content (AvgIpc) is 2.89. The molecular formula is C29H28F4O3. The van der Waals surface area contributed by atoms with Crippen molar-refractivity contribution in [1.29, 1.82) is 0 Å². The summed E-state index contributed by atoms with van der Waals surface area (Å²) in [5.74, 6) is 0.600. The van der Waals surface area contributed by atoms with Gasteiger partial charge in [-0.1, -0.05) is 49.7 Å². The molecule has 1 heterocycles. The maximum Gasteiger partial charge on any atom is 0.426 e. The fourth-order valence-corrected chi connectivity index (χ4v) is 4.36. The van der Waals surface area contributed by atoms with Gasteiger partial charge in [0.25, 0.3) is 0 Å². The lowest BCUT2D eigenvalue weighted by atomic mass is 9.91. The van der Waals surface area contributed by atoms with Gasteiger partial charge in [0.1, 0.15) is 11.5 Å². The average molecular weight is 501 g/mol. The third-order valence-corrected chi connectivity index (χ3v) is 6.26. The molecule has 1 aliphatic heterocycles. The molecule has 7 heteroatoms. The Kier molecular flexibility index (Phi) is 8.31. The van der Waals surface area contributed by atoms with Crippen molar-refractivity contribution in [1.82, 2.24) is 0 Å². The summed E-state index contributed by atoms with van der Waals surface area (Å²) in [4.78, 5) is 0. The number of alkyl halides is 2. The first-order valence-corrected chi connectivity index (χ1v) is 12.0. The minimum atomic E-state index is -3.58. The van der Waals surface area contributed by atoms with Crippen LogP contribution in [0.2, 0.25) is 0 Å². The number of rotatable bonds is 9. The SMILES string of the molecule is CCCC1CCC(c2ccc(-c3ccc(C(F)(F)Oc4ccc(OC=C(F)F)cc4)cc3)cc2)OC1. The Balaban J connectivity index is 1.37. The molecule has 2 atom stereocenters. The molecule has 0 bridgehead atoms. The van der Waals surface area contributed by atoms with Gasteiger partial charge >= 0.3 is 12.2 Å². The van der Waals surface area contributed by atoms with Gasteiger partial charge in [0.05, 0.1) is 18.3 Å². The molecule has 0 spiro atoms. The lowest BCUT2D eigenvalue weighted by molar-refractivity contribution is -0.185. The number of halogens is 4. The first kappa shape index (κ1) is 25.8. The van der Waals surface area contributed by atoms with Crippen molar-refractivity contribution in [3.8, 4) is 22.6 Å². The van der Waals surface area contributed by atoms with Crippen LogP contribution in [0.25, 0.3) is 11.1 Å². The summed E-state index contributed by atoms with van der Waals surface area (Å²) in [7, 11) is 0. The topological polar surface area (TPSA) is 27.7 Å². The van der Waals surface area contributed by atoms with Crippen molar-refractivity contribution in [2.45, 2.75) is 44.8 Å². The van der Waals surface area contributed by atoms with Crippen LogP contribution >= 0.6 is 0 Å². The maximum atomic E-state index is 14.7. The van der Waals surface area contributed by atoms with Crippen LogP contribution in [-0.2, 0) is 10.8 Å². The van der Waals surface area contributed by atoms with E-state index in [1.54, 1.807) is 12.1 Å². The highest BCUT2D eigenvalue weighted by Crippen LogP contribution is 2.35. The molecule has 0 aliphatic carbocycles. The summed E-state index contributed by atoms with van der Waals surface area (Å²) in [6.45, 7) is 2.99. The predicted octanol–water partition coefficient (Wildman–Crippen LogP) is 8.87. The number of hydrogen-bond donors (Lipinski definition) is 0. The first-order chi connectivity index (χ1) is 17.3. The lowest BCUT2D eigenvalue weighted by Gasteiger charge is -2.29. The fourth-order valence-electron chi connectivity index (χ4n) is 4.36. The highest BCUT2D eigenvalue weighted by molar-refractivity contribution is 5.64. The van der Waals surface area contributed by atoms with Gasteiger partial charge in [0.2, 0.25) is 0 Å². The molecule has 0 saturated carbocycles. The van der Waals surface area contributed by atoms with E-state index in [2.05, 4.69) is 11.7 Å². The van der Waals surface area contributed by atoms with E-state index < -0.39 is 12.2 Å². The molecule has 36 heavy (non-hydrogen) atoms. The van der Waals surface area contributed by atoms with E-state index in [0.717, 1.165) is 29.7 Å². The minimum Gasteiger partial charge on any atom is -0.459 e. The van der Waals surface area contributed by atoms with Gasteiger partial charge in [-0.25, -0.2) is 0 Å². The second-order valence-electron chi connectivity index (χ2n) is 8.87.